The molecule has 0 saturated heterocycles. The van der Waals surface area contributed by atoms with Crippen LogP contribution in [-0.4, -0.2) is 136 Å². The number of aliphatic carboxylic acids is 1. The number of amides is 7. The lowest BCUT2D eigenvalue weighted by atomic mass is 10.0. The number of hydrogen-bond donors (Lipinski definition) is 13. The Morgan fingerprint density at radius 3 is 1.25 bits per heavy atom. The molecular formula is C32H59N9O12. The number of rotatable bonds is 27. The summed E-state index contributed by atoms with van der Waals surface area (Å²) in [6.07, 6.45) is 0.756. The van der Waals surface area contributed by atoms with E-state index in [4.69, 9.17) is 22.3 Å². The van der Waals surface area contributed by atoms with E-state index in [-0.39, 0.29) is 43.9 Å². The number of nitrogens with two attached hydrogens (primary N) is 3. The fraction of sp³-hybridized carbons (Fsp3) is 0.750. The summed E-state index contributed by atoms with van der Waals surface area (Å²) in [5.41, 5.74) is 16.5. The highest BCUT2D eigenvalue weighted by atomic mass is 16.4. The molecule has 0 spiro atoms. The summed E-state index contributed by atoms with van der Waals surface area (Å²) < 4.78 is 0. The highest BCUT2D eigenvalue weighted by molar-refractivity contribution is 5.97. The van der Waals surface area contributed by atoms with Crippen LogP contribution >= 0.6 is 0 Å². The van der Waals surface area contributed by atoms with Crippen molar-refractivity contribution in [1.82, 2.24) is 31.9 Å². The van der Waals surface area contributed by atoms with Crippen molar-refractivity contribution in [2.24, 2.45) is 29.0 Å². The van der Waals surface area contributed by atoms with Crippen LogP contribution in [0.5, 0.6) is 0 Å². The molecule has 304 valence electrons. The molecule has 0 saturated carbocycles. The molecular weight excluding hydrogens is 702 g/mol. The van der Waals surface area contributed by atoms with Gasteiger partial charge in [-0.15, -0.1) is 0 Å². The molecule has 21 heteroatoms. The standard InChI is InChI=1S/C32H59N9O12/c1-16(2)11-20(28(48)40-23(14-43)31(51)38-21(12-17(3)4)29(49)41-24(15-44)32(52)53)37-30(50)22(13-42)39-27(47)19(7-5-6-10-33)36-26(46)18(34)8-9-25(35)45/h16-24,42-44H,5-15,33-34H2,1-4H3,(H2,35,45)(H,36,46)(H,37,50)(H,38,51)(H,39,47)(H,40,48)(H,41,49)(H,52,53)/t18-,19-,20-,21-,22-,23-,24-/m0/s1. The Morgan fingerprint density at radius 1 is 0.528 bits per heavy atom. The van der Waals surface area contributed by atoms with E-state index in [0.717, 1.165) is 0 Å². The van der Waals surface area contributed by atoms with Crippen LogP contribution in [0.25, 0.3) is 0 Å². The first-order valence-electron chi connectivity index (χ1n) is 17.4. The lowest BCUT2D eigenvalue weighted by Crippen LogP contribution is -2.61. The molecule has 0 rings (SSSR count). The summed E-state index contributed by atoms with van der Waals surface area (Å²) in [7, 11) is 0. The number of carbonyl (C=O) groups excluding carboxylic acids is 7. The third-order valence-corrected chi connectivity index (χ3v) is 7.73. The Balaban J connectivity index is 5.89. The second-order valence-electron chi connectivity index (χ2n) is 13.4. The largest absolute Gasteiger partial charge is 0.480 e. The van der Waals surface area contributed by atoms with E-state index in [2.05, 4.69) is 31.9 Å². The summed E-state index contributed by atoms with van der Waals surface area (Å²) in [6, 6.07) is -9.93. The van der Waals surface area contributed by atoms with Crippen LogP contribution < -0.4 is 49.1 Å². The van der Waals surface area contributed by atoms with Gasteiger partial charge in [-0.05, 0) is 56.9 Å². The zero-order valence-corrected chi connectivity index (χ0v) is 30.8. The lowest BCUT2D eigenvalue weighted by molar-refractivity contribution is -0.143. The summed E-state index contributed by atoms with van der Waals surface area (Å²) >= 11 is 0. The first-order valence-corrected chi connectivity index (χ1v) is 17.4. The van der Waals surface area contributed by atoms with Gasteiger partial charge in [0, 0.05) is 6.42 Å². The van der Waals surface area contributed by atoms with E-state index in [1.807, 2.05) is 0 Å². The van der Waals surface area contributed by atoms with Crippen LogP contribution in [0.3, 0.4) is 0 Å². The first kappa shape index (κ1) is 48.6. The average Bonchev–Trinajstić information content (AvgIpc) is 3.08. The van der Waals surface area contributed by atoms with Gasteiger partial charge in [0.25, 0.3) is 0 Å². The smallest absolute Gasteiger partial charge is 0.328 e. The van der Waals surface area contributed by atoms with Gasteiger partial charge in [-0.2, -0.15) is 0 Å². The van der Waals surface area contributed by atoms with E-state index in [9.17, 15) is 53.7 Å². The highest BCUT2D eigenvalue weighted by Gasteiger charge is 2.33. The van der Waals surface area contributed by atoms with Crippen molar-refractivity contribution in [2.45, 2.75) is 115 Å². The zero-order chi connectivity index (χ0) is 40.8. The second-order valence-corrected chi connectivity index (χ2v) is 13.4. The molecule has 0 aromatic rings. The molecule has 16 N–H and O–H groups in total. The minimum absolute atomic E-state index is 0.000511. The maximum atomic E-state index is 13.4. The van der Waals surface area contributed by atoms with Gasteiger partial charge in [-0.25, -0.2) is 4.79 Å². The molecule has 0 aliphatic heterocycles. The van der Waals surface area contributed by atoms with Gasteiger partial charge in [0.05, 0.1) is 25.9 Å². The van der Waals surface area contributed by atoms with Gasteiger partial charge < -0.3 is 69.5 Å². The first-order chi connectivity index (χ1) is 24.8. The number of carboxylic acid groups (broad SMARTS) is 1. The molecule has 0 bridgehead atoms. The number of aliphatic hydroxyl groups is 3. The van der Waals surface area contributed by atoms with Crippen molar-refractivity contribution in [3.63, 3.8) is 0 Å². The third kappa shape index (κ3) is 19.3. The van der Waals surface area contributed by atoms with Gasteiger partial charge in [-0.1, -0.05) is 27.7 Å². The molecule has 0 aliphatic carbocycles. The molecule has 0 aromatic heterocycles. The normalized spacial score (nSPS) is 15.2. The summed E-state index contributed by atoms with van der Waals surface area (Å²) in [5.74, 6) is -8.07. The second kappa shape index (κ2) is 25.5. The fourth-order valence-corrected chi connectivity index (χ4v) is 4.81. The van der Waals surface area contributed by atoms with Crippen LogP contribution in [-0.2, 0) is 38.4 Å². The van der Waals surface area contributed by atoms with Crippen LogP contribution in [0, 0.1) is 11.8 Å². The number of primary amides is 1. The molecule has 0 unspecified atom stereocenters. The Kier molecular flexibility index (Phi) is 23.4. The number of nitrogens with one attached hydrogen (secondary N) is 6. The lowest BCUT2D eigenvalue weighted by Gasteiger charge is -2.27. The van der Waals surface area contributed by atoms with Gasteiger partial charge in [0.15, 0.2) is 0 Å². The quantitative estimate of drug-likeness (QED) is 0.0348. The molecule has 7 atom stereocenters. The van der Waals surface area contributed by atoms with Gasteiger partial charge >= 0.3 is 5.97 Å². The Labute approximate surface area is 308 Å². The minimum atomic E-state index is -1.64. The Morgan fingerprint density at radius 2 is 0.887 bits per heavy atom. The van der Waals surface area contributed by atoms with Crippen molar-refractivity contribution in [3.8, 4) is 0 Å². The minimum Gasteiger partial charge on any atom is -0.480 e. The predicted molar refractivity (Wildman–Crippen MR) is 189 cm³/mol. The van der Waals surface area contributed by atoms with Crippen LogP contribution in [0.2, 0.25) is 0 Å². The Hall–Kier alpha value is -4.44. The maximum Gasteiger partial charge on any atom is 0.328 e. The van der Waals surface area contributed by atoms with Crippen molar-refractivity contribution < 1.29 is 58.8 Å². The van der Waals surface area contributed by atoms with E-state index in [1.54, 1.807) is 27.7 Å². The van der Waals surface area contributed by atoms with Gasteiger partial charge in [0.1, 0.15) is 36.3 Å². The molecule has 21 nitrogen and oxygen atoms in total. The van der Waals surface area contributed by atoms with Crippen molar-refractivity contribution >= 4 is 47.3 Å². The van der Waals surface area contributed by atoms with Crippen molar-refractivity contribution in [1.29, 1.82) is 0 Å². The molecule has 0 aromatic carbocycles. The number of hydrogen-bond acceptors (Lipinski definition) is 13. The van der Waals surface area contributed by atoms with E-state index >= 15 is 0 Å². The highest BCUT2D eigenvalue weighted by Crippen LogP contribution is 2.09. The average molecular weight is 762 g/mol. The van der Waals surface area contributed by atoms with E-state index in [0.29, 0.717) is 19.4 Å². The van der Waals surface area contributed by atoms with Crippen LogP contribution in [0.1, 0.15) is 72.6 Å². The monoisotopic (exact) mass is 761 g/mol. The van der Waals surface area contributed by atoms with E-state index < -0.39 is 109 Å². The summed E-state index contributed by atoms with van der Waals surface area (Å²) in [5, 5.41) is 52.4. The third-order valence-electron chi connectivity index (χ3n) is 7.73. The maximum absolute atomic E-state index is 13.4. The molecule has 53 heavy (non-hydrogen) atoms. The molecule has 0 heterocycles. The molecule has 0 radical (unpaired) electrons. The molecule has 7 amide bonds. The SMILES string of the molecule is CC(C)C[C@H](NC(=O)[C@H](CO)NC(=O)[C@H](CC(C)C)NC(=O)[C@H](CO)NC(=O)[C@H](CCCCN)NC(=O)[C@@H](N)CCC(N)=O)C(=O)N[C@@H](CO)C(=O)O. The fourth-order valence-electron chi connectivity index (χ4n) is 4.81. The van der Waals surface area contributed by atoms with E-state index in [1.165, 1.54) is 0 Å². The van der Waals surface area contributed by atoms with Crippen LogP contribution in [0.4, 0.5) is 0 Å². The predicted octanol–water partition coefficient (Wildman–Crippen LogP) is -5.23. The number of carboxylic acids is 1. The van der Waals surface area contributed by atoms with Gasteiger partial charge in [0.2, 0.25) is 41.4 Å². The topological polar surface area (TPSA) is 368 Å². The summed E-state index contributed by atoms with van der Waals surface area (Å²) in [4.78, 5) is 101. The molecule has 0 aliphatic rings. The van der Waals surface area contributed by atoms with Crippen LogP contribution in [0.15, 0.2) is 0 Å². The summed E-state index contributed by atoms with van der Waals surface area (Å²) in [6.45, 7) is 4.42. The van der Waals surface area contributed by atoms with Crippen molar-refractivity contribution in [2.75, 3.05) is 26.4 Å². The Bertz CT molecular complexity index is 1240. The zero-order valence-electron chi connectivity index (χ0n) is 30.8. The number of aliphatic hydroxyl groups excluding tert-OH is 3. The number of unbranched alkanes of at least 4 members (excludes halogenated alkanes) is 1. The van der Waals surface area contributed by atoms with Gasteiger partial charge in [-0.3, -0.25) is 33.6 Å². The molecule has 0 fully saturated rings. The van der Waals surface area contributed by atoms with Crippen molar-refractivity contribution in [3.05, 3.63) is 0 Å². The number of carbonyl (C=O) groups is 8.